The van der Waals surface area contributed by atoms with E-state index in [1.165, 1.54) is 104 Å². The van der Waals surface area contributed by atoms with Crippen molar-refractivity contribution in [2.24, 2.45) is 0 Å². The molecular weight excluding hydrogens is 1500 g/mol. The smallest absolute Gasteiger partial charge is 0.436 e. The van der Waals surface area contributed by atoms with Gasteiger partial charge in [-0.2, -0.15) is 4.98 Å². The zero-order valence-corrected chi connectivity index (χ0v) is 66.6. The van der Waals surface area contributed by atoms with Gasteiger partial charge in [-0.3, -0.25) is 0 Å². The van der Waals surface area contributed by atoms with Gasteiger partial charge in [-0.15, -0.1) is 0 Å². The lowest BCUT2D eigenvalue weighted by molar-refractivity contribution is 0.00578. The minimum absolute atomic E-state index is 0.339. The van der Waals surface area contributed by atoms with E-state index in [4.69, 9.17) is 39.7 Å². The molecule has 1 saturated heterocycles. The Morgan fingerprint density at radius 2 is 0.658 bits per heavy atom. The molecule has 1 aliphatic rings. The summed E-state index contributed by atoms with van der Waals surface area (Å²) in [6.45, 7) is 8.40. The first-order valence-electron chi connectivity index (χ1n) is 40.5. The van der Waals surface area contributed by atoms with Crippen LogP contribution in [-0.4, -0.2) is 56.5 Å². The van der Waals surface area contributed by atoms with E-state index in [2.05, 4.69) is 377 Å². The quantitative estimate of drug-likeness (QED) is 0.138. The van der Waals surface area contributed by atoms with Crippen LogP contribution in [0.3, 0.4) is 0 Å². The van der Waals surface area contributed by atoms with E-state index in [0.29, 0.717) is 16.6 Å². The van der Waals surface area contributed by atoms with Gasteiger partial charge in [0.25, 0.3) is 0 Å². The van der Waals surface area contributed by atoms with E-state index in [1.54, 1.807) is 6.20 Å². The van der Waals surface area contributed by atoms with Crippen LogP contribution >= 0.6 is 11.6 Å². The monoisotopic (exact) mass is 1570 g/mol. The van der Waals surface area contributed by atoms with E-state index < -0.39 is 18.3 Å². The summed E-state index contributed by atoms with van der Waals surface area (Å²) < 4.78 is 34.3. The molecule has 16 aromatic carbocycles. The lowest BCUT2D eigenvalue weighted by atomic mass is 9.79. The number of para-hydroxylation sites is 6. The Kier molecular flexibility index (Phi) is 16.3. The van der Waals surface area contributed by atoms with Crippen LogP contribution in [0.15, 0.2) is 373 Å². The minimum atomic E-state index is -0.423. The summed E-state index contributed by atoms with van der Waals surface area (Å²) in [5, 5.41) is 16.7. The van der Waals surface area contributed by atoms with Gasteiger partial charge in [0.1, 0.15) is 22.2 Å². The number of hydrogen-bond donors (Lipinski definition) is 0. The highest BCUT2D eigenvalue weighted by atomic mass is 35.5. The Morgan fingerprint density at radius 3 is 1.16 bits per heavy atom. The molecule has 570 valence electrons. The normalized spacial score (nSPS) is 13.4. The molecule has 24 aromatic rings. The van der Waals surface area contributed by atoms with Crippen LogP contribution in [0.1, 0.15) is 27.7 Å². The summed E-state index contributed by atoms with van der Waals surface area (Å²) in [6.07, 6.45) is 3.41. The van der Waals surface area contributed by atoms with Crippen LogP contribution in [0.2, 0.25) is 5.15 Å². The largest absolute Gasteiger partial charge is 0.494 e. The van der Waals surface area contributed by atoms with Crippen molar-refractivity contribution in [3.05, 3.63) is 369 Å². The van der Waals surface area contributed by atoms with E-state index in [0.717, 1.165) is 99.3 Å². The van der Waals surface area contributed by atoms with Crippen molar-refractivity contribution in [2.45, 2.75) is 38.9 Å². The van der Waals surface area contributed by atoms with Gasteiger partial charge >= 0.3 is 7.12 Å². The van der Waals surface area contributed by atoms with Crippen LogP contribution in [0.4, 0.5) is 0 Å². The average Bonchev–Trinajstić information content (AvgIpc) is 1.57. The number of furan rings is 2. The van der Waals surface area contributed by atoms with Gasteiger partial charge in [0, 0.05) is 71.4 Å². The maximum Gasteiger partial charge on any atom is 0.494 e. The van der Waals surface area contributed by atoms with E-state index in [9.17, 15) is 0 Å². The first-order valence-corrected chi connectivity index (χ1v) is 40.9. The van der Waals surface area contributed by atoms with Crippen molar-refractivity contribution in [1.29, 1.82) is 0 Å². The lowest BCUT2D eigenvalue weighted by Crippen LogP contribution is -2.41. The molecule has 120 heavy (non-hydrogen) atoms. The number of halogens is 1. The fourth-order valence-corrected chi connectivity index (χ4v) is 18.3. The van der Waals surface area contributed by atoms with E-state index >= 15 is 0 Å². The second kappa shape index (κ2) is 27.7. The fraction of sp³-hybridized carbons (Fsp3) is 0.0566. The first kappa shape index (κ1) is 70.7. The Bertz CT molecular complexity index is 8290. The second-order valence-corrected chi connectivity index (χ2v) is 32.4. The average molecular weight is 1570 g/mol. The molecule has 12 nitrogen and oxygen atoms in total. The lowest BCUT2D eigenvalue weighted by Gasteiger charge is -2.32. The van der Waals surface area contributed by atoms with Gasteiger partial charge in [0.15, 0.2) is 5.15 Å². The van der Waals surface area contributed by atoms with Gasteiger partial charge in [-0.1, -0.05) is 242 Å². The van der Waals surface area contributed by atoms with Gasteiger partial charge in [0.05, 0.1) is 84.2 Å². The first-order chi connectivity index (χ1) is 58.9. The summed E-state index contributed by atoms with van der Waals surface area (Å²) in [5.74, 6) is 0. The number of hydrogen-bond acceptors (Lipinski definition) is 8. The molecule has 9 heterocycles. The molecule has 1 aliphatic heterocycles. The van der Waals surface area contributed by atoms with E-state index in [1.807, 2.05) is 36.5 Å². The third kappa shape index (κ3) is 11.5. The SMILES string of the molecule is CC1(C)OB(c2cccc(-n3c4ccccc4c4ccc(-c5ccc6c(c5)c5ccccc5n6-c5ccccc5)cc43)c2)OC1(C)C.Clc1cnc2c(n1)oc1ccc3ccccc3c12.c1ccc(-n2c3ccccc3c3cc(-c4ccc5c6ccccc6n(-c6cccc(-c7cnc8c(n7)oc7ccc9ccccc9c78)c6)c5c4)ccc32)cc1. The zero-order valence-electron chi connectivity index (χ0n) is 65.8. The zero-order chi connectivity index (χ0) is 80.1. The van der Waals surface area contributed by atoms with Gasteiger partial charge in [-0.05, 0) is 198 Å². The van der Waals surface area contributed by atoms with Crippen LogP contribution in [0.25, 0.3) is 209 Å². The van der Waals surface area contributed by atoms with Gasteiger partial charge in [-0.25, -0.2) is 15.0 Å². The molecule has 8 aromatic heterocycles. The highest BCUT2D eigenvalue weighted by molar-refractivity contribution is 6.62. The maximum atomic E-state index is 6.44. The van der Waals surface area contributed by atoms with Crippen LogP contribution in [0, 0.1) is 0 Å². The summed E-state index contributed by atoms with van der Waals surface area (Å²) in [4.78, 5) is 18.4. The van der Waals surface area contributed by atoms with Crippen molar-refractivity contribution >= 4 is 177 Å². The number of nitrogens with zero attached hydrogens (tertiary/aromatic N) is 8. The Morgan fingerprint density at radius 1 is 0.283 bits per heavy atom. The molecule has 0 N–H and O–H groups in total. The molecule has 0 atom stereocenters. The van der Waals surface area contributed by atoms with E-state index in [-0.39, 0.29) is 0 Å². The standard InChI is InChI=1S/C50H30N4O.C42H35BN2O2.C14H7ClN2O/c1-2-13-35(14-3-1)53-44-20-9-7-18-39(44)41-28-32(22-25-45(41)53)33-21-24-40-38-17-6-8-19-43(38)54(46(40)29-33)36-15-10-12-34(27-36)42-30-51-49-48-37-16-5-4-11-31(37)23-26-47(48)55-50(49)52-42;1-41(2)42(3,4)47-43(46-41)30-13-12-16-32(27-30)45-37-19-10-8-17-33(37)35-23-21-29(26-40(35)45)28-22-24-39-36(25-28)34-18-9-11-20-38(34)44(39)31-14-6-5-7-15-31;15-11-7-16-13-12-9-4-2-1-3-8(9)5-6-10(12)18-14(13)17-11/h1-30H;5-27H,1-4H3;1-7H. The molecule has 14 heteroatoms. The molecule has 25 rings (SSSR count). The summed E-state index contributed by atoms with van der Waals surface area (Å²) in [5.41, 5.74) is 24.7. The fourth-order valence-electron chi connectivity index (χ4n) is 18.2. The Balaban J connectivity index is 0.000000117. The van der Waals surface area contributed by atoms with Crippen molar-refractivity contribution in [3.63, 3.8) is 0 Å². The summed E-state index contributed by atoms with van der Waals surface area (Å²) in [6, 6.07) is 125. The molecule has 1 fully saturated rings. The number of fused-ring (bicyclic) bond motifs is 22. The van der Waals surface area contributed by atoms with Crippen molar-refractivity contribution < 1.29 is 18.1 Å². The third-order valence-electron chi connectivity index (χ3n) is 24.6. The molecule has 0 spiro atoms. The molecular formula is C106H72BClN8O4. The second-order valence-electron chi connectivity index (χ2n) is 32.0. The minimum Gasteiger partial charge on any atom is -0.436 e. The molecule has 0 saturated carbocycles. The highest BCUT2D eigenvalue weighted by Gasteiger charge is 2.52. The van der Waals surface area contributed by atoms with Crippen LogP contribution in [-0.2, 0) is 9.31 Å². The summed E-state index contributed by atoms with van der Waals surface area (Å²) in [7, 11) is -0.423. The van der Waals surface area contributed by atoms with Crippen LogP contribution < -0.4 is 5.46 Å². The molecule has 0 amide bonds. The third-order valence-corrected chi connectivity index (χ3v) is 24.7. The molecule has 0 unspecified atom stereocenters. The number of rotatable bonds is 8. The summed E-state index contributed by atoms with van der Waals surface area (Å²) >= 11 is 5.83. The Labute approximate surface area is 693 Å². The molecule has 0 radical (unpaired) electrons. The van der Waals surface area contributed by atoms with Crippen molar-refractivity contribution in [1.82, 2.24) is 38.2 Å². The maximum absolute atomic E-state index is 6.44. The Hall–Kier alpha value is -14.7. The van der Waals surface area contributed by atoms with Crippen LogP contribution in [0.5, 0.6) is 0 Å². The predicted molar refractivity (Wildman–Crippen MR) is 494 cm³/mol. The van der Waals surface area contributed by atoms with Crippen molar-refractivity contribution in [3.8, 4) is 56.3 Å². The predicted octanol–water partition coefficient (Wildman–Crippen LogP) is 27.1. The number of aromatic nitrogens is 8. The molecule has 0 bridgehead atoms. The number of benzene rings is 16. The topological polar surface area (TPSA) is 116 Å². The van der Waals surface area contributed by atoms with Crippen molar-refractivity contribution in [2.75, 3.05) is 0 Å². The highest BCUT2D eigenvalue weighted by Crippen LogP contribution is 2.44. The van der Waals surface area contributed by atoms with Gasteiger partial charge < -0.3 is 36.4 Å². The molecule has 0 aliphatic carbocycles. The van der Waals surface area contributed by atoms with Gasteiger partial charge in [0.2, 0.25) is 11.4 Å².